The highest BCUT2D eigenvalue weighted by molar-refractivity contribution is 7.98. The molecule has 0 N–H and O–H groups in total. The molecule has 166 valence electrons. The van der Waals surface area contributed by atoms with Crippen LogP contribution in [0.25, 0.3) is 0 Å². The third-order valence-electron chi connectivity index (χ3n) is 5.72. The standard InChI is InChI=1S/C25H26N2O3S2/c1-18-8-10-21(11-9-18)26(32(29,30)23-14-12-22(31-3)13-15-23)17-25(28)27-19(2)16-20-6-4-5-7-24(20)27/h4-15,19H,16-17H2,1-3H3. The van der Waals surface area contributed by atoms with Crippen LogP contribution in [0, 0.1) is 6.92 Å². The summed E-state index contributed by atoms with van der Waals surface area (Å²) in [6, 6.07) is 21.7. The van der Waals surface area contributed by atoms with Crippen LogP contribution >= 0.6 is 11.8 Å². The minimum absolute atomic E-state index is 0.0247. The molecule has 4 rings (SSSR count). The van der Waals surface area contributed by atoms with E-state index in [1.54, 1.807) is 53.1 Å². The van der Waals surface area contributed by atoms with Gasteiger partial charge in [0.05, 0.1) is 10.6 Å². The van der Waals surface area contributed by atoms with Crippen molar-refractivity contribution >= 4 is 39.1 Å². The Hall–Kier alpha value is -2.77. The van der Waals surface area contributed by atoms with Gasteiger partial charge in [0.15, 0.2) is 0 Å². The maximum absolute atomic E-state index is 13.6. The summed E-state index contributed by atoms with van der Waals surface area (Å²) in [5.74, 6) is -0.243. The van der Waals surface area contributed by atoms with Gasteiger partial charge in [0, 0.05) is 16.6 Å². The fraction of sp³-hybridized carbons (Fsp3) is 0.240. The Bertz CT molecular complexity index is 1220. The maximum atomic E-state index is 13.6. The van der Waals surface area contributed by atoms with Crippen molar-refractivity contribution in [2.75, 3.05) is 22.0 Å². The van der Waals surface area contributed by atoms with E-state index in [9.17, 15) is 13.2 Å². The van der Waals surface area contributed by atoms with Crippen molar-refractivity contribution in [1.82, 2.24) is 0 Å². The van der Waals surface area contributed by atoms with Gasteiger partial charge in [-0.25, -0.2) is 8.42 Å². The first-order valence-electron chi connectivity index (χ1n) is 10.4. The Labute approximate surface area is 194 Å². The maximum Gasteiger partial charge on any atom is 0.264 e. The molecule has 3 aromatic rings. The number of fused-ring (bicyclic) bond motifs is 1. The highest BCUT2D eigenvalue weighted by atomic mass is 32.2. The van der Waals surface area contributed by atoms with Gasteiger partial charge in [0.1, 0.15) is 6.54 Å². The number of hydrogen-bond acceptors (Lipinski definition) is 4. The molecular formula is C25H26N2O3S2. The van der Waals surface area contributed by atoms with Gasteiger partial charge in [-0.15, -0.1) is 11.8 Å². The smallest absolute Gasteiger partial charge is 0.264 e. The number of para-hydroxylation sites is 1. The molecule has 1 amide bonds. The molecule has 32 heavy (non-hydrogen) atoms. The number of sulfonamides is 1. The van der Waals surface area contributed by atoms with Crippen molar-refractivity contribution in [3.63, 3.8) is 0 Å². The van der Waals surface area contributed by atoms with E-state index in [4.69, 9.17) is 0 Å². The summed E-state index contributed by atoms with van der Waals surface area (Å²) in [4.78, 5) is 16.3. The monoisotopic (exact) mass is 466 g/mol. The number of anilines is 2. The van der Waals surface area contributed by atoms with Gasteiger partial charge < -0.3 is 4.90 Å². The van der Waals surface area contributed by atoms with Crippen LogP contribution in [-0.2, 0) is 21.2 Å². The average Bonchev–Trinajstić information content (AvgIpc) is 3.13. The summed E-state index contributed by atoms with van der Waals surface area (Å²) < 4.78 is 28.5. The van der Waals surface area contributed by atoms with Gasteiger partial charge >= 0.3 is 0 Å². The van der Waals surface area contributed by atoms with Crippen LogP contribution in [0.1, 0.15) is 18.1 Å². The van der Waals surface area contributed by atoms with Crippen LogP contribution in [0.4, 0.5) is 11.4 Å². The van der Waals surface area contributed by atoms with Crippen molar-refractivity contribution in [1.29, 1.82) is 0 Å². The van der Waals surface area contributed by atoms with Crippen molar-refractivity contribution in [3.05, 3.63) is 83.9 Å². The Morgan fingerprint density at radius 3 is 2.34 bits per heavy atom. The van der Waals surface area contributed by atoms with Gasteiger partial charge in [0.25, 0.3) is 10.0 Å². The molecule has 1 unspecified atom stereocenters. The van der Waals surface area contributed by atoms with E-state index >= 15 is 0 Å². The highest BCUT2D eigenvalue weighted by Crippen LogP contribution is 2.33. The molecule has 0 saturated carbocycles. The van der Waals surface area contributed by atoms with E-state index in [-0.39, 0.29) is 23.4 Å². The van der Waals surface area contributed by atoms with E-state index in [1.165, 1.54) is 4.31 Å². The molecule has 1 aliphatic heterocycles. The van der Waals surface area contributed by atoms with Crippen LogP contribution in [0.3, 0.4) is 0 Å². The molecule has 7 heteroatoms. The van der Waals surface area contributed by atoms with Gasteiger partial charge in [-0.05, 0) is 74.6 Å². The van der Waals surface area contributed by atoms with Crippen molar-refractivity contribution in [2.45, 2.75) is 36.1 Å². The third-order valence-corrected chi connectivity index (χ3v) is 8.26. The average molecular weight is 467 g/mol. The summed E-state index contributed by atoms with van der Waals surface area (Å²) in [7, 11) is -3.93. The van der Waals surface area contributed by atoms with E-state index < -0.39 is 10.0 Å². The first-order valence-corrected chi connectivity index (χ1v) is 13.1. The summed E-state index contributed by atoms with van der Waals surface area (Å²) in [5, 5.41) is 0. The number of rotatable bonds is 6. The fourth-order valence-corrected chi connectivity index (χ4v) is 5.87. The number of benzene rings is 3. The Morgan fingerprint density at radius 1 is 1.03 bits per heavy atom. The Morgan fingerprint density at radius 2 is 1.69 bits per heavy atom. The molecular weight excluding hydrogens is 440 g/mol. The predicted octanol–water partition coefficient (Wildman–Crippen LogP) is 4.89. The molecule has 0 saturated heterocycles. The molecule has 5 nitrogen and oxygen atoms in total. The normalized spacial score (nSPS) is 15.5. The van der Waals surface area contributed by atoms with Crippen LogP contribution in [0.5, 0.6) is 0 Å². The van der Waals surface area contributed by atoms with Crippen LogP contribution < -0.4 is 9.21 Å². The highest BCUT2D eigenvalue weighted by Gasteiger charge is 2.34. The summed E-state index contributed by atoms with van der Waals surface area (Å²) in [5.41, 5.74) is 3.45. The Balaban J connectivity index is 1.72. The number of amides is 1. The van der Waals surface area contributed by atoms with Gasteiger partial charge in [-0.3, -0.25) is 9.10 Å². The Kier molecular flexibility index (Phi) is 6.31. The van der Waals surface area contributed by atoms with Crippen molar-refractivity contribution < 1.29 is 13.2 Å². The van der Waals surface area contributed by atoms with Gasteiger partial charge in [0.2, 0.25) is 5.91 Å². The van der Waals surface area contributed by atoms with Crippen LogP contribution in [0.2, 0.25) is 0 Å². The quantitative estimate of drug-likeness (QED) is 0.486. The second-order valence-electron chi connectivity index (χ2n) is 7.97. The second kappa shape index (κ2) is 9.00. The SMILES string of the molecule is CSc1ccc(S(=O)(=O)N(CC(=O)N2c3ccccc3CC2C)c2ccc(C)cc2)cc1. The molecule has 3 aromatic carbocycles. The molecule has 1 atom stereocenters. The lowest BCUT2D eigenvalue weighted by atomic mass is 10.1. The third kappa shape index (κ3) is 4.27. The lowest BCUT2D eigenvalue weighted by Gasteiger charge is -2.29. The first-order chi connectivity index (χ1) is 15.3. The zero-order valence-corrected chi connectivity index (χ0v) is 20.0. The van der Waals surface area contributed by atoms with E-state index in [1.807, 2.05) is 56.5 Å². The lowest BCUT2D eigenvalue weighted by molar-refractivity contribution is -0.117. The van der Waals surface area contributed by atoms with E-state index in [0.29, 0.717) is 5.69 Å². The van der Waals surface area contributed by atoms with Crippen molar-refractivity contribution in [2.24, 2.45) is 0 Å². The molecule has 0 bridgehead atoms. The predicted molar refractivity (Wildman–Crippen MR) is 131 cm³/mol. The summed E-state index contributed by atoms with van der Waals surface area (Å²) in [6.07, 6.45) is 2.70. The molecule has 1 aliphatic rings. The molecule has 0 spiro atoms. The fourth-order valence-electron chi connectivity index (χ4n) is 4.05. The topological polar surface area (TPSA) is 57.7 Å². The largest absolute Gasteiger partial charge is 0.307 e. The molecule has 0 aromatic heterocycles. The minimum Gasteiger partial charge on any atom is -0.307 e. The zero-order valence-electron chi connectivity index (χ0n) is 18.4. The number of carbonyl (C=O) groups is 1. The molecule has 0 fully saturated rings. The van der Waals surface area contributed by atoms with E-state index in [0.717, 1.165) is 28.1 Å². The van der Waals surface area contributed by atoms with Crippen LogP contribution in [0.15, 0.2) is 82.6 Å². The lowest BCUT2D eigenvalue weighted by Crippen LogP contribution is -2.45. The van der Waals surface area contributed by atoms with Crippen molar-refractivity contribution in [3.8, 4) is 0 Å². The number of nitrogens with zero attached hydrogens (tertiary/aromatic N) is 2. The number of aryl methyl sites for hydroxylation is 1. The molecule has 0 aliphatic carbocycles. The van der Waals surface area contributed by atoms with Gasteiger partial charge in [-0.1, -0.05) is 35.9 Å². The summed E-state index contributed by atoms with van der Waals surface area (Å²) in [6.45, 7) is 3.66. The van der Waals surface area contributed by atoms with Gasteiger partial charge in [-0.2, -0.15) is 0 Å². The number of hydrogen-bond donors (Lipinski definition) is 0. The zero-order chi connectivity index (χ0) is 22.9. The molecule has 0 radical (unpaired) electrons. The number of carbonyl (C=O) groups excluding carboxylic acids is 1. The second-order valence-corrected chi connectivity index (χ2v) is 10.7. The minimum atomic E-state index is -3.93. The van der Waals surface area contributed by atoms with E-state index in [2.05, 4.69) is 0 Å². The van der Waals surface area contributed by atoms with Crippen LogP contribution in [-0.4, -0.2) is 33.2 Å². The first kappa shape index (κ1) is 22.4. The number of thioether (sulfide) groups is 1. The molecule has 1 heterocycles. The summed E-state index contributed by atoms with van der Waals surface area (Å²) >= 11 is 1.55.